The summed E-state index contributed by atoms with van der Waals surface area (Å²) in [6.07, 6.45) is 2.58. The molecule has 1 N–H and O–H groups in total. The van der Waals surface area contributed by atoms with Crippen LogP contribution in [0.15, 0.2) is 30.3 Å². The standard InChI is InChI=1S/C14H21N/c1-11(2)10-14-13(8-9-15-14)12-6-4-3-5-7-12/h3-7,11,13-15H,8-10H2,1-2H3/t13-,14-/m0/s1. The third-order valence-electron chi connectivity index (χ3n) is 3.30. The smallest absolute Gasteiger partial charge is 0.0139 e. The number of hydrogen-bond acceptors (Lipinski definition) is 1. The largest absolute Gasteiger partial charge is 0.313 e. The average Bonchev–Trinajstić information content (AvgIpc) is 2.66. The minimum atomic E-state index is 0.687. The summed E-state index contributed by atoms with van der Waals surface area (Å²) in [4.78, 5) is 0. The van der Waals surface area contributed by atoms with Crippen LogP contribution < -0.4 is 5.32 Å². The molecule has 1 aliphatic heterocycles. The van der Waals surface area contributed by atoms with Gasteiger partial charge < -0.3 is 5.32 Å². The molecule has 0 radical (unpaired) electrons. The zero-order valence-corrected chi connectivity index (χ0v) is 9.74. The van der Waals surface area contributed by atoms with Crippen molar-refractivity contribution in [3.05, 3.63) is 35.9 Å². The van der Waals surface area contributed by atoms with Crippen molar-refractivity contribution < 1.29 is 0 Å². The first-order valence-corrected chi connectivity index (χ1v) is 6.05. The lowest BCUT2D eigenvalue weighted by atomic mass is 9.87. The fourth-order valence-electron chi connectivity index (χ4n) is 2.62. The van der Waals surface area contributed by atoms with E-state index >= 15 is 0 Å². The maximum absolute atomic E-state index is 3.64. The van der Waals surface area contributed by atoms with Crippen LogP contribution in [0.1, 0.15) is 38.2 Å². The minimum Gasteiger partial charge on any atom is -0.313 e. The Morgan fingerprint density at radius 1 is 1.27 bits per heavy atom. The second-order valence-electron chi connectivity index (χ2n) is 5.00. The SMILES string of the molecule is CC(C)C[C@@H]1NCC[C@H]1c1ccccc1. The van der Waals surface area contributed by atoms with Gasteiger partial charge in [0.25, 0.3) is 0 Å². The lowest BCUT2D eigenvalue weighted by Crippen LogP contribution is -2.27. The van der Waals surface area contributed by atoms with E-state index in [0.717, 1.165) is 11.8 Å². The van der Waals surface area contributed by atoms with Crippen LogP contribution in [0.3, 0.4) is 0 Å². The van der Waals surface area contributed by atoms with Gasteiger partial charge in [0.15, 0.2) is 0 Å². The van der Waals surface area contributed by atoms with Gasteiger partial charge in [-0.1, -0.05) is 44.2 Å². The van der Waals surface area contributed by atoms with Crippen LogP contribution >= 0.6 is 0 Å². The summed E-state index contributed by atoms with van der Waals surface area (Å²) in [6, 6.07) is 11.6. The van der Waals surface area contributed by atoms with Crippen LogP contribution in [0.4, 0.5) is 0 Å². The molecule has 0 amide bonds. The first-order chi connectivity index (χ1) is 7.27. The number of hydrogen-bond donors (Lipinski definition) is 1. The second-order valence-corrected chi connectivity index (χ2v) is 5.00. The van der Waals surface area contributed by atoms with Crippen molar-refractivity contribution in [1.82, 2.24) is 5.32 Å². The number of benzene rings is 1. The molecule has 1 nitrogen and oxygen atoms in total. The molecule has 0 saturated carbocycles. The molecule has 0 aromatic heterocycles. The summed E-state index contributed by atoms with van der Waals surface area (Å²) >= 11 is 0. The number of rotatable bonds is 3. The fraction of sp³-hybridized carbons (Fsp3) is 0.571. The van der Waals surface area contributed by atoms with Crippen molar-refractivity contribution >= 4 is 0 Å². The predicted octanol–water partition coefficient (Wildman–Crippen LogP) is 3.18. The average molecular weight is 203 g/mol. The van der Waals surface area contributed by atoms with Crippen LogP contribution in [0.2, 0.25) is 0 Å². The summed E-state index contributed by atoms with van der Waals surface area (Å²) in [6.45, 7) is 5.79. The van der Waals surface area contributed by atoms with Crippen LogP contribution in [0, 0.1) is 5.92 Å². The predicted molar refractivity (Wildman–Crippen MR) is 65.0 cm³/mol. The minimum absolute atomic E-state index is 0.687. The third kappa shape index (κ3) is 2.60. The highest BCUT2D eigenvalue weighted by Crippen LogP contribution is 2.30. The summed E-state index contributed by atoms with van der Waals surface area (Å²) in [5, 5.41) is 3.64. The van der Waals surface area contributed by atoms with Crippen molar-refractivity contribution in [1.29, 1.82) is 0 Å². The highest BCUT2D eigenvalue weighted by molar-refractivity contribution is 5.22. The molecular weight excluding hydrogens is 182 g/mol. The van der Waals surface area contributed by atoms with Crippen molar-refractivity contribution in [2.75, 3.05) is 6.54 Å². The summed E-state index contributed by atoms with van der Waals surface area (Å²) in [5.41, 5.74) is 1.51. The van der Waals surface area contributed by atoms with Crippen molar-refractivity contribution in [2.45, 2.75) is 38.6 Å². The Morgan fingerprint density at radius 2 is 2.00 bits per heavy atom. The number of nitrogens with one attached hydrogen (secondary N) is 1. The van der Waals surface area contributed by atoms with E-state index < -0.39 is 0 Å². The Morgan fingerprint density at radius 3 is 2.67 bits per heavy atom. The first kappa shape index (κ1) is 10.7. The summed E-state index contributed by atoms with van der Waals surface area (Å²) in [7, 11) is 0. The van der Waals surface area contributed by atoms with Crippen molar-refractivity contribution in [3.63, 3.8) is 0 Å². The molecule has 1 saturated heterocycles. The Labute approximate surface area is 92.9 Å². The zero-order chi connectivity index (χ0) is 10.7. The molecule has 1 aromatic carbocycles. The lowest BCUT2D eigenvalue weighted by molar-refractivity contribution is 0.434. The summed E-state index contributed by atoms with van der Waals surface area (Å²) < 4.78 is 0. The van der Waals surface area contributed by atoms with E-state index in [2.05, 4.69) is 49.5 Å². The van der Waals surface area contributed by atoms with Crippen LogP contribution in [-0.4, -0.2) is 12.6 Å². The van der Waals surface area contributed by atoms with Crippen molar-refractivity contribution in [2.24, 2.45) is 5.92 Å². The Hall–Kier alpha value is -0.820. The molecule has 0 aliphatic carbocycles. The Balaban J connectivity index is 2.08. The maximum Gasteiger partial charge on any atom is 0.0139 e. The molecule has 0 spiro atoms. The Bertz CT molecular complexity index is 291. The molecule has 1 aliphatic rings. The first-order valence-electron chi connectivity index (χ1n) is 6.05. The van der Waals surface area contributed by atoms with E-state index in [1.165, 1.54) is 24.9 Å². The van der Waals surface area contributed by atoms with E-state index in [-0.39, 0.29) is 0 Å². The topological polar surface area (TPSA) is 12.0 Å². The van der Waals surface area contributed by atoms with Gasteiger partial charge in [-0.05, 0) is 30.9 Å². The van der Waals surface area contributed by atoms with Crippen LogP contribution in [-0.2, 0) is 0 Å². The highest BCUT2D eigenvalue weighted by atomic mass is 14.9. The second kappa shape index (κ2) is 4.80. The molecule has 0 bridgehead atoms. The highest BCUT2D eigenvalue weighted by Gasteiger charge is 2.28. The van der Waals surface area contributed by atoms with Gasteiger partial charge in [-0.3, -0.25) is 0 Å². The van der Waals surface area contributed by atoms with Crippen LogP contribution in [0.25, 0.3) is 0 Å². The van der Waals surface area contributed by atoms with Gasteiger partial charge in [0.2, 0.25) is 0 Å². The third-order valence-corrected chi connectivity index (χ3v) is 3.30. The molecule has 1 heteroatoms. The molecule has 1 fully saturated rings. The quantitative estimate of drug-likeness (QED) is 0.795. The zero-order valence-electron chi connectivity index (χ0n) is 9.74. The van der Waals surface area contributed by atoms with Crippen LogP contribution in [0.5, 0.6) is 0 Å². The van der Waals surface area contributed by atoms with Gasteiger partial charge in [-0.15, -0.1) is 0 Å². The monoisotopic (exact) mass is 203 g/mol. The molecule has 15 heavy (non-hydrogen) atoms. The normalized spacial score (nSPS) is 26.1. The van der Waals surface area contributed by atoms with E-state index in [1.54, 1.807) is 0 Å². The van der Waals surface area contributed by atoms with E-state index in [1.807, 2.05) is 0 Å². The van der Waals surface area contributed by atoms with E-state index in [4.69, 9.17) is 0 Å². The van der Waals surface area contributed by atoms with Gasteiger partial charge in [0.05, 0.1) is 0 Å². The van der Waals surface area contributed by atoms with Gasteiger partial charge in [0, 0.05) is 12.0 Å². The van der Waals surface area contributed by atoms with Crippen molar-refractivity contribution in [3.8, 4) is 0 Å². The molecule has 2 atom stereocenters. The molecule has 2 rings (SSSR count). The maximum atomic E-state index is 3.64. The van der Waals surface area contributed by atoms with Gasteiger partial charge >= 0.3 is 0 Å². The fourth-order valence-corrected chi connectivity index (χ4v) is 2.62. The van der Waals surface area contributed by atoms with Gasteiger partial charge in [0.1, 0.15) is 0 Å². The summed E-state index contributed by atoms with van der Waals surface area (Å²) in [5.74, 6) is 1.51. The molecule has 82 valence electrons. The Kier molecular flexibility index (Phi) is 3.42. The van der Waals surface area contributed by atoms with Gasteiger partial charge in [-0.25, -0.2) is 0 Å². The molecule has 1 heterocycles. The van der Waals surface area contributed by atoms with Gasteiger partial charge in [-0.2, -0.15) is 0 Å². The molecular formula is C14H21N. The van der Waals surface area contributed by atoms with E-state index in [9.17, 15) is 0 Å². The molecule has 1 aromatic rings. The molecule has 0 unspecified atom stereocenters. The van der Waals surface area contributed by atoms with E-state index in [0.29, 0.717) is 6.04 Å². The lowest BCUT2D eigenvalue weighted by Gasteiger charge is -2.21.